The Hall–Kier alpha value is -2.08. The summed E-state index contributed by atoms with van der Waals surface area (Å²) >= 11 is 0. The maximum absolute atomic E-state index is 11.8. The van der Waals surface area contributed by atoms with Crippen LogP contribution in [0.4, 0.5) is 5.69 Å². The second-order valence-electron chi connectivity index (χ2n) is 4.96. The van der Waals surface area contributed by atoms with E-state index in [1.165, 1.54) is 0 Å². The summed E-state index contributed by atoms with van der Waals surface area (Å²) < 4.78 is 5.00. The Bertz CT molecular complexity index is 482. The van der Waals surface area contributed by atoms with E-state index in [9.17, 15) is 9.59 Å². The predicted octanol–water partition coefficient (Wildman–Crippen LogP) is 1.22. The molecule has 20 heavy (non-hydrogen) atoms. The number of nitrogens with one attached hydrogen (secondary N) is 1. The summed E-state index contributed by atoms with van der Waals surface area (Å²) in [5, 5.41) is 11.2. The number of amides is 1. The lowest BCUT2D eigenvalue weighted by Crippen LogP contribution is -2.28. The first kappa shape index (κ1) is 14.3. The minimum absolute atomic E-state index is 0.0619. The van der Waals surface area contributed by atoms with E-state index < -0.39 is 5.97 Å². The molecule has 1 atom stereocenters. The zero-order valence-electron chi connectivity index (χ0n) is 11.0. The van der Waals surface area contributed by atoms with Crippen LogP contribution in [0.25, 0.3) is 0 Å². The lowest BCUT2D eigenvalue weighted by atomic mass is 10.1. The molecule has 1 amide bonds. The molecule has 1 aliphatic rings. The van der Waals surface area contributed by atoms with Gasteiger partial charge in [0.15, 0.2) is 6.61 Å². The molecule has 0 heterocycles. The number of carboxylic acids is 1. The average Bonchev–Trinajstić information content (AvgIpc) is 3.22. The van der Waals surface area contributed by atoms with Crippen LogP contribution in [0.3, 0.4) is 0 Å². The molecule has 4 N–H and O–H groups in total. The Kier molecular flexibility index (Phi) is 4.57. The van der Waals surface area contributed by atoms with E-state index >= 15 is 0 Å². The highest BCUT2D eigenvalue weighted by Crippen LogP contribution is 2.32. The lowest BCUT2D eigenvalue weighted by molar-refractivity contribution is -0.139. The van der Waals surface area contributed by atoms with Crippen molar-refractivity contribution in [1.82, 2.24) is 0 Å². The molecule has 0 aromatic heterocycles. The molecule has 1 aliphatic carbocycles. The van der Waals surface area contributed by atoms with Crippen LogP contribution in [-0.2, 0) is 9.59 Å². The number of nitrogens with two attached hydrogens (primary N) is 1. The average molecular weight is 278 g/mol. The van der Waals surface area contributed by atoms with Crippen molar-refractivity contribution in [1.29, 1.82) is 0 Å². The van der Waals surface area contributed by atoms with Crippen molar-refractivity contribution < 1.29 is 19.4 Å². The molecular formula is C14H18N2O4. The molecule has 0 saturated heterocycles. The van der Waals surface area contributed by atoms with Crippen LogP contribution in [-0.4, -0.2) is 29.6 Å². The standard InChI is InChI=1S/C14H18N2O4/c15-12(9-1-2-9)7-13(17)16-10-3-5-11(6-4-10)20-8-14(18)19/h3-6,9,12H,1-2,7-8,15H2,(H,16,17)(H,18,19). The van der Waals surface area contributed by atoms with Crippen LogP contribution in [0.5, 0.6) is 5.75 Å². The molecule has 6 heteroatoms. The van der Waals surface area contributed by atoms with Gasteiger partial charge in [-0.2, -0.15) is 0 Å². The zero-order chi connectivity index (χ0) is 14.5. The summed E-state index contributed by atoms with van der Waals surface area (Å²) in [6.45, 7) is -0.387. The number of hydrogen-bond acceptors (Lipinski definition) is 4. The van der Waals surface area contributed by atoms with Crippen molar-refractivity contribution in [3.8, 4) is 5.75 Å². The smallest absolute Gasteiger partial charge is 0.341 e. The van der Waals surface area contributed by atoms with Crippen LogP contribution in [0.15, 0.2) is 24.3 Å². The van der Waals surface area contributed by atoms with Gasteiger partial charge in [0.05, 0.1) is 0 Å². The molecule has 6 nitrogen and oxygen atoms in total. The van der Waals surface area contributed by atoms with Crippen molar-refractivity contribution in [2.45, 2.75) is 25.3 Å². The molecule has 1 saturated carbocycles. The number of aliphatic carboxylic acids is 1. The number of rotatable bonds is 7. The molecule has 1 aromatic rings. The summed E-state index contributed by atoms with van der Waals surface area (Å²) in [6, 6.07) is 6.49. The molecule has 1 unspecified atom stereocenters. The quantitative estimate of drug-likeness (QED) is 0.696. The SMILES string of the molecule is NC(CC(=O)Nc1ccc(OCC(=O)O)cc1)C1CC1. The monoisotopic (exact) mass is 278 g/mol. The Morgan fingerprint density at radius 1 is 1.35 bits per heavy atom. The van der Waals surface area contributed by atoms with Gasteiger partial charge in [-0.15, -0.1) is 0 Å². The highest BCUT2D eigenvalue weighted by atomic mass is 16.5. The van der Waals surface area contributed by atoms with Gasteiger partial charge in [-0.3, -0.25) is 4.79 Å². The molecule has 0 spiro atoms. The second-order valence-corrected chi connectivity index (χ2v) is 4.96. The van der Waals surface area contributed by atoms with Gasteiger partial charge in [0.25, 0.3) is 0 Å². The van der Waals surface area contributed by atoms with Gasteiger partial charge in [-0.1, -0.05) is 0 Å². The van der Waals surface area contributed by atoms with Crippen molar-refractivity contribution in [2.75, 3.05) is 11.9 Å². The van der Waals surface area contributed by atoms with Gasteiger partial charge in [0.1, 0.15) is 5.75 Å². The Morgan fingerprint density at radius 2 is 2.00 bits per heavy atom. The molecular weight excluding hydrogens is 260 g/mol. The number of carboxylic acid groups (broad SMARTS) is 1. The maximum Gasteiger partial charge on any atom is 0.341 e. The molecule has 108 valence electrons. The fourth-order valence-electron chi connectivity index (χ4n) is 1.90. The molecule has 0 aliphatic heterocycles. The van der Waals surface area contributed by atoms with Crippen LogP contribution in [0.1, 0.15) is 19.3 Å². The van der Waals surface area contributed by atoms with Crippen LogP contribution >= 0.6 is 0 Å². The summed E-state index contributed by atoms with van der Waals surface area (Å²) in [5.41, 5.74) is 6.53. The molecule has 1 fully saturated rings. The number of carbonyl (C=O) groups excluding carboxylic acids is 1. The molecule has 0 bridgehead atoms. The van der Waals surface area contributed by atoms with Crippen molar-refractivity contribution in [3.05, 3.63) is 24.3 Å². The van der Waals surface area contributed by atoms with E-state index in [-0.39, 0.29) is 18.6 Å². The minimum Gasteiger partial charge on any atom is -0.482 e. The van der Waals surface area contributed by atoms with E-state index in [0.717, 1.165) is 12.8 Å². The first-order chi connectivity index (χ1) is 9.54. The zero-order valence-corrected chi connectivity index (χ0v) is 11.0. The molecule has 2 rings (SSSR count). The van der Waals surface area contributed by atoms with Gasteiger partial charge in [0.2, 0.25) is 5.91 Å². The van der Waals surface area contributed by atoms with E-state index in [1.807, 2.05) is 0 Å². The minimum atomic E-state index is -1.03. The van der Waals surface area contributed by atoms with Crippen LogP contribution in [0, 0.1) is 5.92 Å². The van der Waals surface area contributed by atoms with Crippen LogP contribution < -0.4 is 15.8 Å². The van der Waals surface area contributed by atoms with Gasteiger partial charge in [-0.25, -0.2) is 4.79 Å². The van der Waals surface area contributed by atoms with Gasteiger partial charge in [0, 0.05) is 18.2 Å². The van der Waals surface area contributed by atoms with Crippen LogP contribution in [0.2, 0.25) is 0 Å². The molecule has 0 radical (unpaired) electrons. The Balaban J connectivity index is 1.80. The summed E-state index contributed by atoms with van der Waals surface area (Å²) in [4.78, 5) is 22.1. The first-order valence-corrected chi connectivity index (χ1v) is 6.54. The Labute approximate surface area is 116 Å². The number of anilines is 1. The van der Waals surface area contributed by atoms with Gasteiger partial charge >= 0.3 is 5.97 Å². The van der Waals surface area contributed by atoms with Crippen molar-refractivity contribution >= 4 is 17.6 Å². The highest BCUT2D eigenvalue weighted by molar-refractivity contribution is 5.91. The number of carbonyl (C=O) groups is 2. The Morgan fingerprint density at radius 3 is 2.55 bits per heavy atom. The second kappa shape index (κ2) is 6.38. The van der Waals surface area contributed by atoms with E-state index in [2.05, 4.69) is 5.32 Å². The number of hydrogen-bond donors (Lipinski definition) is 3. The fraction of sp³-hybridized carbons (Fsp3) is 0.429. The normalized spacial score (nSPS) is 15.4. The first-order valence-electron chi connectivity index (χ1n) is 6.54. The third-order valence-electron chi connectivity index (χ3n) is 3.15. The summed E-state index contributed by atoms with van der Waals surface area (Å²) in [6.07, 6.45) is 2.55. The van der Waals surface area contributed by atoms with E-state index in [4.69, 9.17) is 15.6 Å². The van der Waals surface area contributed by atoms with Gasteiger partial charge in [-0.05, 0) is 43.0 Å². The fourth-order valence-corrected chi connectivity index (χ4v) is 1.90. The van der Waals surface area contributed by atoms with Crippen molar-refractivity contribution in [2.24, 2.45) is 11.7 Å². The maximum atomic E-state index is 11.8. The van der Waals surface area contributed by atoms with E-state index in [0.29, 0.717) is 23.8 Å². The van der Waals surface area contributed by atoms with E-state index in [1.54, 1.807) is 24.3 Å². The largest absolute Gasteiger partial charge is 0.482 e. The van der Waals surface area contributed by atoms with Gasteiger partial charge < -0.3 is 20.9 Å². The summed E-state index contributed by atoms with van der Waals surface area (Å²) in [7, 11) is 0. The number of ether oxygens (including phenoxy) is 1. The lowest BCUT2D eigenvalue weighted by Gasteiger charge is -2.11. The highest BCUT2D eigenvalue weighted by Gasteiger charge is 2.29. The predicted molar refractivity (Wildman–Crippen MR) is 73.5 cm³/mol. The molecule has 1 aromatic carbocycles. The topological polar surface area (TPSA) is 102 Å². The summed E-state index contributed by atoms with van der Waals surface area (Å²) in [5.74, 6) is -0.201. The van der Waals surface area contributed by atoms with Crippen molar-refractivity contribution in [3.63, 3.8) is 0 Å². The third kappa shape index (κ3) is 4.55. The number of benzene rings is 1. The third-order valence-corrected chi connectivity index (χ3v) is 3.15.